The third-order valence-electron chi connectivity index (χ3n) is 5.70. The number of benzene rings is 2. The van der Waals surface area contributed by atoms with Gasteiger partial charge in [-0.1, -0.05) is 6.08 Å². The van der Waals surface area contributed by atoms with Crippen molar-refractivity contribution in [2.24, 2.45) is 7.05 Å². The Morgan fingerprint density at radius 2 is 1.67 bits per heavy atom. The molecule has 0 saturated heterocycles. The summed E-state index contributed by atoms with van der Waals surface area (Å²) in [7, 11) is 4.88. The first-order valence-corrected chi connectivity index (χ1v) is 11.3. The number of rotatable bonds is 9. The van der Waals surface area contributed by atoms with Crippen molar-refractivity contribution in [2.45, 2.75) is 26.7 Å². The van der Waals surface area contributed by atoms with E-state index in [9.17, 15) is 9.90 Å². The average Bonchev–Trinajstić information content (AvgIpc) is 2.81. The Hall–Kier alpha value is -2.96. The Morgan fingerprint density at radius 1 is 1.00 bits per heavy atom. The molecule has 3 aromatic rings. The summed E-state index contributed by atoms with van der Waals surface area (Å²) < 4.78 is 17.9. The number of halogens is 1. The Labute approximate surface area is 199 Å². The van der Waals surface area contributed by atoms with Crippen molar-refractivity contribution in [3.05, 3.63) is 69.1 Å². The molecule has 0 atom stereocenters. The molecule has 0 bridgehead atoms. The highest BCUT2D eigenvalue weighted by Gasteiger charge is 2.18. The van der Waals surface area contributed by atoms with E-state index in [0.717, 1.165) is 46.1 Å². The molecule has 1 N–H and O–H groups in total. The van der Waals surface area contributed by atoms with Crippen LogP contribution in [0.3, 0.4) is 0 Å². The molecule has 7 heteroatoms. The van der Waals surface area contributed by atoms with Crippen LogP contribution in [0, 0.1) is 13.8 Å². The van der Waals surface area contributed by atoms with Gasteiger partial charge in [0.1, 0.15) is 5.75 Å². The third kappa shape index (κ3) is 5.02. The van der Waals surface area contributed by atoms with Gasteiger partial charge in [0.05, 0.1) is 19.6 Å². The van der Waals surface area contributed by atoms with Crippen molar-refractivity contribution in [3.63, 3.8) is 0 Å². The Kier molecular flexibility index (Phi) is 8.06. The molecule has 0 aliphatic carbocycles. The zero-order valence-electron chi connectivity index (χ0n) is 19.7. The van der Waals surface area contributed by atoms with Gasteiger partial charge in [-0.05, 0) is 73.2 Å². The normalized spacial score (nSPS) is 11.7. The topological polar surface area (TPSA) is 69.9 Å². The second kappa shape index (κ2) is 10.8. The highest BCUT2D eigenvalue weighted by Crippen LogP contribution is 2.38. The minimum absolute atomic E-state index is 0.116. The van der Waals surface area contributed by atoms with Gasteiger partial charge < -0.3 is 23.9 Å². The van der Waals surface area contributed by atoms with Crippen LogP contribution in [-0.2, 0) is 7.05 Å². The van der Waals surface area contributed by atoms with Crippen LogP contribution in [0.2, 0.25) is 0 Å². The number of aliphatic hydroxyl groups excluding tert-OH is 1. The Balaban J connectivity index is 2.36. The third-order valence-corrected chi connectivity index (χ3v) is 5.96. The van der Waals surface area contributed by atoms with Crippen LogP contribution in [0.4, 0.5) is 0 Å². The minimum atomic E-state index is -0.384. The maximum atomic E-state index is 13.0. The first-order chi connectivity index (χ1) is 15.9. The second-order valence-electron chi connectivity index (χ2n) is 7.87. The number of pyridine rings is 1. The van der Waals surface area contributed by atoms with Crippen LogP contribution in [-0.4, -0.2) is 36.6 Å². The number of hydrogen-bond donors (Lipinski definition) is 1. The van der Waals surface area contributed by atoms with Crippen molar-refractivity contribution in [2.75, 3.05) is 26.9 Å². The van der Waals surface area contributed by atoms with Crippen LogP contribution in [0.5, 0.6) is 17.2 Å². The fourth-order valence-corrected chi connectivity index (χ4v) is 4.15. The molecule has 0 spiro atoms. The molecule has 0 amide bonds. The summed E-state index contributed by atoms with van der Waals surface area (Å²) in [4.78, 5) is 13.0. The van der Waals surface area contributed by atoms with Gasteiger partial charge >= 0.3 is 0 Å². The smallest absolute Gasteiger partial charge is 0.258 e. The van der Waals surface area contributed by atoms with Gasteiger partial charge in [-0.2, -0.15) is 0 Å². The van der Waals surface area contributed by atoms with Gasteiger partial charge in [-0.25, -0.2) is 0 Å². The van der Waals surface area contributed by atoms with Crippen molar-refractivity contribution >= 4 is 27.9 Å². The van der Waals surface area contributed by atoms with E-state index in [0.29, 0.717) is 28.5 Å². The molecular formula is C26H30ClNO5. The minimum Gasteiger partial charge on any atom is -0.493 e. The monoisotopic (exact) mass is 471 g/mol. The van der Waals surface area contributed by atoms with E-state index in [1.165, 1.54) is 0 Å². The SMILES string of the molecule is COc1cc2c(/C(=C/CCCCl)c3cc(C)c(OCO)cc3C)cn(C)c(=O)c2cc1OC. The molecule has 2 aromatic carbocycles. The number of nitrogens with zero attached hydrogens (tertiary/aromatic N) is 1. The van der Waals surface area contributed by atoms with Gasteiger partial charge in [-0.3, -0.25) is 4.79 Å². The molecular weight excluding hydrogens is 442 g/mol. The van der Waals surface area contributed by atoms with Crippen LogP contribution < -0.4 is 19.8 Å². The fraction of sp³-hybridized carbons (Fsp3) is 0.346. The summed E-state index contributed by atoms with van der Waals surface area (Å²) in [5.74, 6) is 2.25. The van der Waals surface area contributed by atoms with Gasteiger partial charge in [0.15, 0.2) is 18.3 Å². The summed E-state index contributed by atoms with van der Waals surface area (Å²) in [6.07, 6.45) is 5.63. The summed E-state index contributed by atoms with van der Waals surface area (Å²) >= 11 is 5.96. The van der Waals surface area contributed by atoms with Gasteiger partial charge in [-0.15, -0.1) is 11.6 Å². The fourth-order valence-electron chi connectivity index (χ4n) is 4.00. The summed E-state index contributed by atoms with van der Waals surface area (Å²) in [5, 5.41) is 10.5. The standard InChI is InChI=1S/C26H30ClNO5/c1-16-11-23(33-15-29)17(2)10-19(16)18(8-6-7-9-27)22-14-28(3)26(30)21-13-25(32-5)24(31-4)12-20(21)22/h8,10-14,29H,6-7,9,15H2,1-5H3/b18-8+. The molecule has 0 aliphatic rings. The lowest BCUT2D eigenvalue weighted by Crippen LogP contribution is -2.17. The van der Waals surface area contributed by atoms with E-state index < -0.39 is 0 Å². The molecule has 0 fully saturated rings. The summed E-state index contributed by atoms with van der Waals surface area (Å²) in [6, 6.07) is 7.55. The zero-order valence-corrected chi connectivity index (χ0v) is 20.5. The summed E-state index contributed by atoms with van der Waals surface area (Å²) in [5.41, 5.74) is 4.69. The zero-order chi connectivity index (χ0) is 24.1. The average molecular weight is 472 g/mol. The van der Waals surface area contributed by atoms with Crippen molar-refractivity contribution in [3.8, 4) is 17.2 Å². The van der Waals surface area contributed by atoms with Gasteiger partial charge in [0.2, 0.25) is 0 Å². The van der Waals surface area contributed by atoms with Crippen molar-refractivity contribution in [1.82, 2.24) is 4.57 Å². The number of aliphatic hydroxyl groups is 1. The van der Waals surface area contributed by atoms with Crippen LogP contribution in [0.25, 0.3) is 16.3 Å². The van der Waals surface area contributed by atoms with Crippen LogP contribution in [0.1, 0.15) is 35.1 Å². The molecule has 3 rings (SSSR count). The van der Waals surface area contributed by atoms with E-state index in [1.807, 2.05) is 38.2 Å². The van der Waals surface area contributed by atoms with E-state index in [4.69, 9.17) is 25.8 Å². The Morgan fingerprint density at radius 3 is 2.27 bits per heavy atom. The lowest BCUT2D eigenvalue weighted by atomic mass is 9.89. The first-order valence-electron chi connectivity index (χ1n) is 10.7. The molecule has 6 nitrogen and oxygen atoms in total. The number of methoxy groups -OCH3 is 2. The number of ether oxygens (including phenoxy) is 3. The van der Waals surface area contributed by atoms with Crippen molar-refractivity contribution < 1.29 is 19.3 Å². The van der Waals surface area contributed by atoms with E-state index in [1.54, 1.807) is 31.9 Å². The quantitative estimate of drug-likeness (QED) is 0.271. The molecule has 0 saturated carbocycles. The molecule has 1 heterocycles. The lowest BCUT2D eigenvalue weighted by Gasteiger charge is -2.19. The highest BCUT2D eigenvalue weighted by atomic mass is 35.5. The number of allylic oxidation sites excluding steroid dienone is 1. The van der Waals surface area contributed by atoms with E-state index >= 15 is 0 Å². The first kappa shape index (κ1) is 24.7. The number of aromatic nitrogens is 1. The molecule has 0 unspecified atom stereocenters. The maximum absolute atomic E-state index is 13.0. The second-order valence-corrected chi connectivity index (χ2v) is 8.24. The van der Waals surface area contributed by atoms with E-state index in [-0.39, 0.29) is 12.4 Å². The maximum Gasteiger partial charge on any atom is 0.258 e. The van der Waals surface area contributed by atoms with Gasteiger partial charge in [0.25, 0.3) is 5.56 Å². The van der Waals surface area contributed by atoms with E-state index in [2.05, 4.69) is 6.08 Å². The number of alkyl halides is 1. The molecule has 1 aromatic heterocycles. The van der Waals surface area contributed by atoms with Crippen LogP contribution >= 0.6 is 11.6 Å². The van der Waals surface area contributed by atoms with Crippen LogP contribution in [0.15, 0.2) is 41.3 Å². The largest absolute Gasteiger partial charge is 0.493 e. The number of fused-ring (bicyclic) bond motifs is 1. The Bertz CT molecular complexity index is 1250. The lowest BCUT2D eigenvalue weighted by molar-refractivity contribution is 0.0978. The summed E-state index contributed by atoms with van der Waals surface area (Å²) in [6.45, 7) is 3.56. The highest BCUT2D eigenvalue weighted by molar-refractivity contribution is 6.17. The molecule has 33 heavy (non-hydrogen) atoms. The predicted molar refractivity (Wildman–Crippen MR) is 133 cm³/mol. The van der Waals surface area contributed by atoms with Gasteiger partial charge in [0, 0.05) is 30.1 Å². The molecule has 0 radical (unpaired) electrons. The molecule has 176 valence electrons. The number of hydrogen-bond acceptors (Lipinski definition) is 5. The number of aryl methyl sites for hydroxylation is 3. The number of unbranched alkanes of at least 4 members (excludes halogenated alkanes) is 1. The predicted octanol–water partition coefficient (Wildman–Crippen LogP) is 4.95. The van der Waals surface area contributed by atoms with Crippen molar-refractivity contribution in [1.29, 1.82) is 0 Å². The molecule has 0 aliphatic heterocycles.